The topological polar surface area (TPSA) is 127 Å². The maximum Gasteiger partial charge on any atom is 0.211 e. The van der Waals surface area contributed by atoms with Gasteiger partial charge in [0.15, 0.2) is 9.84 Å². The van der Waals surface area contributed by atoms with Gasteiger partial charge in [-0.05, 0) is 79.8 Å². The van der Waals surface area contributed by atoms with Crippen LogP contribution in [0.1, 0.15) is 44.1 Å². The molecule has 12 heteroatoms. The van der Waals surface area contributed by atoms with Gasteiger partial charge in [0.2, 0.25) is 10.0 Å². The predicted octanol–water partition coefficient (Wildman–Crippen LogP) is 5.32. The summed E-state index contributed by atoms with van der Waals surface area (Å²) in [5, 5.41) is 8.97. The zero-order valence-corrected chi connectivity index (χ0v) is 25.0. The van der Waals surface area contributed by atoms with Crippen molar-refractivity contribution in [2.24, 2.45) is 5.41 Å². The summed E-state index contributed by atoms with van der Waals surface area (Å²) in [6.45, 7) is 1.07. The lowest BCUT2D eigenvalue weighted by molar-refractivity contribution is 0.0423. The number of nitrogens with zero attached hydrogens (tertiary/aromatic N) is 3. The highest BCUT2D eigenvalue weighted by Gasteiger charge is 2.40. The first kappa shape index (κ1) is 29.9. The molecular weight excluding hydrogens is 581 g/mol. The van der Waals surface area contributed by atoms with Crippen LogP contribution in [0, 0.1) is 22.6 Å². The van der Waals surface area contributed by atoms with Crippen LogP contribution >= 0.6 is 0 Å². The Morgan fingerprint density at radius 2 is 1.64 bits per heavy atom. The molecule has 42 heavy (non-hydrogen) atoms. The number of hydrogen-bond acceptors (Lipinski definition) is 8. The third kappa shape index (κ3) is 6.75. The normalized spacial score (nSPS) is 18.0. The summed E-state index contributed by atoms with van der Waals surface area (Å²) in [7, 11) is -6.84. The summed E-state index contributed by atoms with van der Waals surface area (Å²) in [5.41, 5.74) is 1.12. The Bertz CT molecular complexity index is 1740. The van der Waals surface area contributed by atoms with Gasteiger partial charge >= 0.3 is 0 Å². The number of piperidine rings is 1. The molecule has 5 rings (SSSR count). The molecule has 0 radical (unpaired) electrons. The van der Waals surface area contributed by atoms with Gasteiger partial charge < -0.3 is 9.47 Å². The van der Waals surface area contributed by atoms with Crippen molar-refractivity contribution in [2.75, 3.05) is 25.6 Å². The Hall–Kier alpha value is -3.53. The second-order valence-corrected chi connectivity index (χ2v) is 15.1. The molecule has 0 unspecified atom stereocenters. The van der Waals surface area contributed by atoms with E-state index in [1.165, 1.54) is 36.8 Å². The van der Waals surface area contributed by atoms with Gasteiger partial charge in [-0.2, -0.15) is 5.26 Å². The first-order valence-electron chi connectivity index (χ1n) is 13.6. The molecule has 1 saturated carbocycles. The zero-order chi connectivity index (χ0) is 30.1. The van der Waals surface area contributed by atoms with Gasteiger partial charge in [-0.15, -0.1) is 0 Å². The van der Waals surface area contributed by atoms with Crippen molar-refractivity contribution >= 4 is 19.9 Å². The molecule has 0 amide bonds. The van der Waals surface area contributed by atoms with Gasteiger partial charge in [-0.25, -0.2) is 25.5 Å². The third-order valence-electron chi connectivity index (χ3n) is 8.23. The molecule has 9 nitrogen and oxygen atoms in total. The summed E-state index contributed by atoms with van der Waals surface area (Å²) in [5.74, 6) is 0.218. The van der Waals surface area contributed by atoms with E-state index in [0.29, 0.717) is 30.0 Å². The van der Waals surface area contributed by atoms with Gasteiger partial charge in [0.1, 0.15) is 34.0 Å². The van der Waals surface area contributed by atoms with Crippen LogP contribution in [0.4, 0.5) is 4.39 Å². The molecule has 0 bridgehead atoms. The number of halogens is 1. The van der Waals surface area contributed by atoms with E-state index in [-0.39, 0.29) is 33.5 Å². The van der Waals surface area contributed by atoms with E-state index in [1.54, 1.807) is 34.6 Å². The fourth-order valence-corrected chi connectivity index (χ4v) is 7.44. The quantitative estimate of drug-likeness (QED) is 0.351. The van der Waals surface area contributed by atoms with Gasteiger partial charge in [-0.3, -0.25) is 4.98 Å². The Labute approximate surface area is 245 Å². The van der Waals surface area contributed by atoms with E-state index in [0.717, 1.165) is 44.8 Å². The van der Waals surface area contributed by atoms with E-state index in [2.05, 4.69) is 4.98 Å². The number of hydrogen-bond donors (Lipinski definition) is 0. The van der Waals surface area contributed by atoms with Crippen molar-refractivity contribution in [3.63, 3.8) is 0 Å². The van der Waals surface area contributed by atoms with E-state index in [1.807, 2.05) is 0 Å². The average Bonchev–Trinajstić information content (AvgIpc) is 2.94. The molecule has 0 atom stereocenters. The molecule has 2 fully saturated rings. The van der Waals surface area contributed by atoms with Crippen LogP contribution in [0.3, 0.4) is 0 Å². The van der Waals surface area contributed by atoms with Gasteiger partial charge in [0, 0.05) is 37.2 Å². The molecule has 2 aliphatic rings. The van der Waals surface area contributed by atoms with Gasteiger partial charge in [0.25, 0.3) is 0 Å². The summed E-state index contributed by atoms with van der Waals surface area (Å²) in [4.78, 5) is 4.17. The Kier molecular flexibility index (Phi) is 8.29. The second-order valence-electron chi connectivity index (χ2n) is 11.2. The smallest absolute Gasteiger partial charge is 0.211 e. The lowest BCUT2D eigenvalue weighted by atomic mass is 9.68. The largest absolute Gasteiger partial charge is 0.489 e. The molecule has 1 aliphatic heterocycles. The minimum absolute atomic E-state index is 0.0139. The average molecular weight is 614 g/mol. The molecule has 2 aromatic carbocycles. The van der Waals surface area contributed by atoms with E-state index >= 15 is 0 Å². The highest BCUT2D eigenvalue weighted by Crippen LogP contribution is 2.46. The van der Waals surface area contributed by atoms with Crippen molar-refractivity contribution in [1.82, 2.24) is 9.29 Å². The van der Waals surface area contributed by atoms with Crippen LogP contribution in [-0.4, -0.2) is 57.8 Å². The minimum atomic E-state index is -3.66. The maximum atomic E-state index is 14.1. The van der Waals surface area contributed by atoms with Crippen molar-refractivity contribution in [3.05, 3.63) is 66.2 Å². The number of sulfonamides is 1. The van der Waals surface area contributed by atoms with Gasteiger partial charge in [-0.1, -0.05) is 6.07 Å². The Morgan fingerprint density at radius 3 is 2.26 bits per heavy atom. The van der Waals surface area contributed by atoms with Crippen LogP contribution in [0.25, 0.3) is 11.1 Å². The third-order valence-corrected chi connectivity index (χ3v) is 10.6. The minimum Gasteiger partial charge on any atom is -0.489 e. The molecule has 222 valence electrons. The summed E-state index contributed by atoms with van der Waals surface area (Å²) in [6, 6.07) is 12.3. The van der Waals surface area contributed by atoms with Crippen molar-refractivity contribution in [2.45, 2.75) is 49.5 Å². The maximum absolute atomic E-state index is 14.1. The highest BCUT2D eigenvalue weighted by atomic mass is 32.2. The molecular formula is C30H32FN3O6S2. The Balaban J connectivity index is 1.28. The first-order chi connectivity index (χ1) is 19.8. The summed E-state index contributed by atoms with van der Waals surface area (Å²) < 4.78 is 77.0. The monoisotopic (exact) mass is 613 g/mol. The van der Waals surface area contributed by atoms with Crippen LogP contribution in [-0.2, 0) is 19.9 Å². The summed E-state index contributed by atoms with van der Waals surface area (Å²) in [6.07, 6.45) is 10.2. The molecule has 3 aromatic rings. The predicted molar refractivity (Wildman–Crippen MR) is 155 cm³/mol. The SMILES string of the molecule is CS(=O)(=O)c1cc(Oc2cncc(-c3ccc(C#N)c(F)c3)c2)ccc1OC1CCC2(CC1)CCN(S(C)(=O)=O)CC2. The van der Waals surface area contributed by atoms with E-state index in [4.69, 9.17) is 14.7 Å². The molecule has 1 saturated heterocycles. The van der Waals surface area contributed by atoms with Crippen molar-refractivity contribution < 1.29 is 30.7 Å². The second kappa shape index (κ2) is 11.6. The number of pyridine rings is 1. The molecule has 0 N–H and O–H groups in total. The highest BCUT2D eigenvalue weighted by molar-refractivity contribution is 7.90. The molecule has 1 aromatic heterocycles. The fraction of sp³-hybridized carbons (Fsp3) is 0.400. The molecule has 2 heterocycles. The number of sulfone groups is 1. The van der Waals surface area contributed by atoms with Crippen LogP contribution < -0.4 is 9.47 Å². The van der Waals surface area contributed by atoms with Gasteiger partial charge in [0.05, 0.1) is 24.1 Å². The van der Waals surface area contributed by atoms with Crippen LogP contribution in [0.2, 0.25) is 0 Å². The lowest BCUT2D eigenvalue weighted by Crippen LogP contribution is -2.45. The van der Waals surface area contributed by atoms with Crippen molar-refractivity contribution in [1.29, 1.82) is 5.26 Å². The van der Waals surface area contributed by atoms with Crippen LogP contribution in [0.5, 0.6) is 17.2 Å². The van der Waals surface area contributed by atoms with Crippen LogP contribution in [0.15, 0.2) is 59.8 Å². The molecule has 1 spiro atoms. The molecule has 1 aliphatic carbocycles. The first-order valence-corrected chi connectivity index (χ1v) is 17.4. The lowest BCUT2D eigenvalue weighted by Gasteiger charge is -2.45. The van der Waals surface area contributed by atoms with E-state index in [9.17, 15) is 21.2 Å². The number of nitriles is 1. The number of rotatable bonds is 7. The van der Waals surface area contributed by atoms with E-state index < -0.39 is 25.7 Å². The fourth-order valence-electron chi connectivity index (χ4n) is 5.79. The van der Waals surface area contributed by atoms with Crippen molar-refractivity contribution in [3.8, 4) is 34.4 Å². The number of ether oxygens (including phenoxy) is 2. The number of aromatic nitrogens is 1. The Morgan fingerprint density at radius 1 is 0.929 bits per heavy atom. The standard InChI is InChI=1S/C30H32FN3O6S2/c1-41(35,36)29-17-25(39-26-15-23(19-33-20-26)21-3-4-22(18-32)27(31)16-21)5-6-28(29)40-24-7-9-30(10-8-24)11-13-34(14-12-30)42(2,37)38/h3-6,15-17,19-20,24H,7-14H2,1-2H3. The summed E-state index contributed by atoms with van der Waals surface area (Å²) >= 11 is 0. The number of benzene rings is 2. The zero-order valence-electron chi connectivity index (χ0n) is 23.4.